The predicted molar refractivity (Wildman–Crippen MR) is 54.1 cm³/mol. The van der Waals surface area contributed by atoms with Crippen LogP contribution < -0.4 is 10.5 Å². The van der Waals surface area contributed by atoms with Crippen molar-refractivity contribution in [3.8, 4) is 5.75 Å². The molecule has 1 aliphatic rings. The first-order valence-electron chi connectivity index (χ1n) is 4.74. The third kappa shape index (κ3) is 1.29. The molecule has 76 valence electrons. The molecule has 1 aromatic carbocycles. The summed E-state index contributed by atoms with van der Waals surface area (Å²) in [6.45, 7) is 3.77. The zero-order chi connectivity index (χ0) is 10.3. The number of fused-ring (bicyclic) bond motifs is 1. The monoisotopic (exact) mass is 193 g/mol. The van der Waals surface area contributed by atoms with E-state index in [-0.39, 0.29) is 0 Å². The Morgan fingerprint density at radius 2 is 2.00 bits per heavy atom. The van der Waals surface area contributed by atoms with E-state index in [9.17, 15) is 5.11 Å². The van der Waals surface area contributed by atoms with Crippen molar-refractivity contribution >= 4 is 0 Å². The highest BCUT2D eigenvalue weighted by atomic mass is 16.5. The maximum atomic E-state index is 9.96. The molecule has 0 spiro atoms. The molecular weight excluding hydrogens is 178 g/mol. The summed E-state index contributed by atoms with van der Waals surface area (Å²) in [4.78, 5) is 0. The van der Waals surface area contributed by atoms with Gasteiger partial charge in [0.05, 0.1) is 6.04 Å². The molecule has 0 saturated heterocycles. The van der Waals surface area contributed by atoms with Crippen LogP contribution in [0.3, 0.4) is 0 Å². The largest absolute Gasteiger partial charge is 0.486 e. The maximum Gasteiger partial charge on any atom is 0.126 e. The lowest BCUT2D eigenvalue weighted by Gasteiger charge is -2.40. The van der Waals surface area contributed by atoms with Crippen molar-refractivity contribution in [1.29, 1.82) is 0 Å². The van der Waals surface area contributed by atoms with Crippen LogP contribution >= 0.6 is 0 Å². The normalized spacial score (nSPS) is 29.1. The van der Waals surface area contributed by atoms with Crippen molar-refractivity contribution in [2.45, 2.75) is 31.6 Å². The first-order valence-corrected chi connectivity index (χ1v) is 4.74. The lowest BCUT2D eigenvalue weighted by atomic mass is 9.87. The maximum absolute atomic E-state index is 9.96. The Bertz CT molecular complexity index is 349. The fraction of sp³-hybridized carbons (Fsp3) is 0.455. The van der Waals surface area contributed by atoms with Gasteiger partial charge >= 0.3 is 0 Å². The van der Waals surface area contributed by atoms with E-state index in [0.29, 0.717) is 0 Å². The molecule has 0 radical (unpaired) electrons. The van der Waals surface area contributed by atoms with Crippen LogP contribution in [0, 0.1) is 0 Å². The topological polar surface area (TPSA) is 55.5 Å². The molecule has 2 rings (SSSR count). The highest BCUT2D eigenvalue weighted by Gasteiger charge is 2.40. The number of nitrogens with two attached hydrogens (primary N) is 1. The second-order valence-electron chi connectivity index (χ2n) is 4.21. The molecule has 14 heavy (non-hydrogen) atoms. The standard InChI is InChI=1S/C11H15NO2/c1-11(2)10(12)9(13)7-5-3-4-6-8(7)14-11/h3-6,9-10,13H,12H2,1-2H3. The minimum atomic E-state index is -0.644. The van der Waals surface area contributed by atoms with Gasteiger partial charge < -0.3 is 15.6 Å². The molecule has 0 bridgehead atoms. The van der Waals surface area contributed by atoms with Crippen LogP contribution in [-0.4, -0.2) is 16.7 Å². The molecule has 2 atom stereocenters. The second kappa shape index (κ2) is 2.97. The van der Waals surface area contributed by atoms with Gasteiger partial charge in [0.15, 0.2) is 0 Å². The Labute approximate surface area is 83.5 Å². The zero-order valence-electron chi connectivity index (χ0n) is 8.40. The summed E-state index contributed by atoms with van der Waals surface area (Å²) in [5, 5.41) is 9.96. The molecule has 1 aliphatic heterocycles. The molecule has 0 aliphatic carbocycles. The Morgan fingerprint density at radius 1 is 1.36 bits per heavy atom. The molecule has 2 unspecified atom stereocenters. The molecule has 1 aromatic rings. The summed E-state index contributed by atoms with van der Waals surface area (Å²) in [5.41, 5.74) is 6.15. The van der Waals surface area contributed by atoms with Crippen LogP contribution in [0.5, 0.6) is 5.75 Å². The van der Waals surface area contributed by atoms with Gasteiger partial charge in [0.2, 0.25) is 0 Å². The van der Waals surface area contributed by atoms with Crippen LogP contribution in [-0.2, 0) is 0 Å². The third-order valence-corrected chi connectivity index (χ3v) is 2.75. The molecular formula is C11H15NO2. The highest BCUT2D eigenvalue weighted by Crippen LogP contribution is 2.38. The Kier molecular flexibility index (Phi) is 2.01. The third-order valence-electron chi connectivity index (χ3n) is 2.75. The number of hydrogen-bond acceptors (Lipinski definition) is 3. The number of rotatable bonds is 0. The molecule has 0 fully saturated rings. The molecule has 0 amide bonds. The van der Waals surface area contributed by atoms with Gasteiger partial charge in [-0.05, 0) is 19.9 Å². The highest BCUT2D eigenvalue weighted by molar-refractivity contribution is 5.39. The Morgan fingerprint density at radius 3 is 2.71 bits per heavy atom. The van der Waals surface area contributed by atoms with Crippen molar-refractivity contribution in [1.82, 2.24) is 0 Å². The number of ether oxygens (including phenoxy) is 1. The van der Waals surface area contributed by atoms with Crippen LogP contribution in [0.2, 0.25) is 0 Å². The van der Waals surface area contributed by atoms with Gasteiger partial charge in [-0.3, -0.25) is 0 Å². The van der Waals surface area contributed by atoms with Gasteiger partial charge in [-0.1, -0.05) is 18.2 Å². The predicted octanol–water partition coefficient (Wildman–Crippen LogP) is 1.22. The lowest BCUT2D eigenvalue weighted by Crippen LogP contribution is -2.53. The van der Waals surface area contributed by atoms with E-state index in [1.807, 2.05) is 38.1 Å². The van der Waals surface area contributed by atoms with Crippen molar-refractivity contribution in [3.05, 3.63) is 29.8 Å². The fourth-order valence-corrected chi connectivity index (χ4v) is 1.74. The van der Waals surface area contributed by atoms with Crippen LogP contribution in [0.4, 0.5) is 0 Å². The van der Waals surface area contributed by atoms with Gasteiger partial charge in [0.1, 0.15) is 17.5 Å². The minimum absolute atomic E-state index is 0.391. The smallest absolute Gasteiger partial charge is 0.126 e. The van der Waals surface area contributed by atoms with Crippen molar-refractivity contribution < 1.29 is 9.84 Å². The number of aliphatic hydroxyl groups excluding tert-OH is 1. The van der Waals surface area contributed by atoms with E-state index in [1.165, 1.54) is 0 Å². The number of hydrogen-bond donors (Lipinski definition) is 2. The second-order valence-corrected chi connectivity index (χ2v) is 4.21. The van der Waals surface area contributed by atoms with E-state index in [1.54, 1.807) is 0 Å². The SMILES string of the molecule is CC1(C)Oc2ccccc2C(O)C1N. The van der Waals surface area contributed by atoms with Gasteiger partial charge in [-0.25, -0.2) is 0 Å². The average molecular weight is 193 g/mol. The fourth-order valence-electron chi connectivity index (χ4n) is 1.74. The number of benzene rings is 1. The van der Waals surface area contributed by atoms with Gasteiger partial charge in [-0.15, -0.1) is 0 Å². The van der Waals surface area contributed by atoms with Gasteiger partial charge in [0.25, 0.3) is 0 Å². The Balaban J connectivity index is 2.48. The van der Waals surface area contributed by atoms with Crippen molar-refractivity contribution in [2.75, 3.05) is 0 Å². The number of aliphatic hydroxyl groups is 1. The van der Waals surface area contributed by atoms with Gasteiger partial charge in [-0.2, -0.15) is 0 Å². The minimum Gasteiger partial charge on any atom is -0.486 e. The lowest BCUT2D eigenvalue weighted by molar-refractivity contribution is -0.0117. The van der Waals surface area contributed by atoms with Crippen molar-refractivity contribution in [3.63, 3.8) is 0 Å². The molecule has 0 saturated carbocycles. The van der Waals surface area contributed by atoms with E-state index in [0.717, 1.165) is 11.3 Å². The van der Waals surface area contributed by atoms with E-state index in [2.05, 4.69) is 0 Å². The first kappa shape index (κ1) is 9.49. The summed E-state index contributed by atoms with van der Waals surface area (Å²) in [6, 6.07) is 7.06. The van der Waals surface area contributed by atoms with E-state index >= 15 is 0 Å². The average Bonchev–Trinajstić information content (AvgIpc) is 2.14. The van der Waals surface area contributed by atoms with Crippen LogP contribution in [0.1, 0.15) is 25.5 Å². The summed E-state index contributed by atoms with van der Waals surface area (Å²) in [6.07, 6.45) is -0.644. The first-order chi connectivity index (χ1) is 6.52. The summed E-state index contributed by atoms with van der Waals surface area (Å²) >= 11 is 0. The molecule has 3 heteroatoms. The van der Waals surface area contributed by atoms with Crippen LogP contribution in [0.15, 0.2) is 24.3 Å². The van der Waals surface area contributed by atoms with Crippen molar-refractivity contribution in [2.24, 2.45) is 5.73 Å². The zero-order valence-corrected chi connectivity index (χ0v) is 8.40. The molecule has 3 nitrogen and oxygen atoms in total. The van der Waals surface area contributed by atoms with Gasteiger partial charge in [0, 0.05) is 5.56 Å². The van der Waals surface area contributed by atoms with E-state index in [4.69, 9.17) is 10.5 Å². The molecule has 3 N–H and O–H groups in total. The summed E-state index contributed by atoms with van der Waals surface area (Å²) in [5.74, 6) is 0.728. The number of para-hydroxylation sites is 1. The quantitative estimate of drug-likeness (QED) is 0.651. The van der Waals surface area contributed by atoms with Crippen LogP contribution in [0.25, 0.3) is 0 Å². The molecule has 0 aromatic heterocycles. The summed E-state index contributed by atoms with van der Waals surface area (Å²) in [7, 11) is 0. The molecule has 1 heterocycles. The van der Waals surface area contributed by atoms with E-state index < -0.39 is 17.7 Å². The Hall–Kier alpha value is -1.06. The summed E-state index contributed by atoms with van der Waals surface area (Å²) < 4.78 is 5.72.